The minimum atomic E-state index is -4.57. The number of carbonyl (C=O) groups is 1. The maximum atomic E-state index is 13.1. The summed E-state index contributed by atoms with van der Waals surface area (Å²) in [6, 6.07) is 15.0. The summed E-state index contributed by atoms with van der Waals surface area (Å²) in [6.07, 6.45) is 1.19. The number of piperazine rings is 1. The summed E-state index contributed by atoms with van der Waals surface area (Å²) in [6.45, 7) is 0.221. The van der Waals surface area contributed by atoms with Gasteiger partial charge in [0, 0.05) is 44.1 Å². The molecule has 0 aliphatic carbocycles. The molecule has 0 saturated carbocycles. The van der Waals surface area contributed by atoms with Crippen LogP contribution in [0.25, 0.3) is 10.8 Å². The van der Waals surface area contributed by atoms with Crippen molar-refractivity contribution in [1.29, 1.82) is 0 Å². The Morgan fingerprint density at radius 3 is 2.31 bits per heavy atom. The number of thioether (sulfide) groups is 1. The fourth-order valence-electron chi connectivity index (χ4n) is 3.52. The van der Waals surface area contributed by atoms with E-state index in [1.807, 2.05) is 24.3 Å². The Labute approximate surface area is 187 Å². The third-order valence-electron chi connectivity index (χ3n) is 5.10. The van der Waals surface area contributed by atoms with Crippen molar-refractivity contribution in [3.8, 4) is 0 Å². The van der Waals surface area contributed by atoms with Crippen molar-refractivity contribution in [2.75, 3.05) is 26.2 Å². The number of fused-ring (bicyclic) bond motifs is 1. The number of pyridine rings is 1. The summed E-state index contributed by atoms with van der Waals surface area (Å²) in [5.41, 5.74) is -4.73. The van der Waals surface area contributed by atoms with Gasteiger partial charge in [-0.15, -0.1) is 0 Å². The molecule has 1 aliphatic rings. The minimum Gasteiger partial charge on any atom is -0.336 e. The maximum Gasteiger partial charge on any atom is 0.447 e. The molecule has 1 aromatic heterocycles. The van der Waals surface area contributed by atoms with Gasteiger partial charge in [0.15, 0.2) is 0 Å². The van der Waals surface area contributed by atoms with Crippen LogP contribution in [0.1, 0.15) is 10.4 Å². The van der Waals surface area contributed by atoms with Crippen molar-refractivity contribution >= 4 is 38.5 Å². The molecule has 0 unspecified atom stereocenters. The molecule has 1 aliphatic heterocycles. The Balaban J connectivity index is 1.49. The molecule has 0 atom stereocenters. The molecule has 1 amide bonds. The first-order valence-electron chi connectivity index (χ1n) is 9.64. The summed E-state index contributed by atoms with van der Waals surface area (Å²) in [7, 11) is -3.77. The molecule has 0 N–H and O–H groups in total. The molecule has 1 saturated heterocycles. The molecule has 2 aromatic carbocycles. The normalized spacial score (nSPS) is 15.8. The lowest BCUT2D eigenvalue weighted by Gasteiger charge is -2.34. The quantitative estimate of drug-likeness (QED) is 0.527. The van der Waals surface area contributed by atoms with Crippen LogP contribution in [-0.4, -0.2) is 60.2 Å². The van der Waals surface area contributed by atoms with Gasteiger partial charge in [0.2, 0.25) is 10.0 Å². The van der Waals surface area contributed by atoms with E-state index >= 15 is 0 Å². The maximum absolute atomic E-state index is 13.1. The fraction of sp³-hybridized carbons (Fsp3) is 0.238. The van der Waals surface area contributed by atoms with Crippen molar-refractivity contribution < 1.29 is 26.4 Å². The molecule has 168 valence electrons. The molecule has 1 fully saturated rings. The highest BCUT2D eigenvalue weighted by Gasteiger charge is 2.35. The van der Waals surface area contributed by atoms with E-state index in [1.54, 1.807) is 18.2 Å². The van der Waals surface area contributed by atoms with Crippen LogP contribution in [0.15, 0.2) is 70.7 Å². The largest absolute Gasteiger partial charge is 0.447 e. The Morgan fingerprint density at radius 1 is 0.938 bits per heavy atom. The van der Waals surface area contributed by atoms with E-state index in [2.05, 4.69) is 4.98 Å². The van der Waals surface area contributed by atoms with Gasteiger partial charge in [0.05, 0.1) is 10.5 Å². The number of alkyl halides is 3. The summed E-state index contributed by atoms with van der Waals surface area (Å²) in [5, 5.41) is 1.30. The second kappa shape index (κ2) is 8.72. The first-order valence-corrected chi connectivity index (χ1v) is 11.9. The number of rotatable bonds is 4. The lowest BCUT2D eigenvalue weighted by atomic mass is 10.1. The van der Waals surface area contributed by atoms with Gasteiger partial charge < -0.3 is 4.90 Å². The Bertz CT molecular complexity index is 1260. The number of benzene rings is 2. The van der Waals surface area contributed by atoms with Gasteiger partial charge in [-0.1, -0.05) is 30.3 Å². The highest BCUT2D eigenvalue weighted by molar-refractivity contribution is 8.00. The van der Waals surface area contributed by atoms with Crippen molar-refractivity contribution in [3.63, 3.8) is 0 Å². The molecule has 0 bridgehead atoms. The smallest absolute Gasteiger partial charge is 0.336 e. The number of sulfonamides is 1. The Morgan fingerprint density at radius 2 is 1.62 bits per heavy atom. The number of hydrogen-bond donors (Lipinski definition) is 0. The summed E-state index contributed by atoms with van der Waals surface area (Å²) >= 11 is -0.442. The summed E-state index contributed by atoms with van der Waals surface area (Å²) < 4.78 is 65.8. The average Bonchev–Trinajstić information content (AvgIpc) is 2.77. The first-order chi connectivity index (χ1) is 15.1. The van der Waals surface area contributed by atoms with Crippen LogP contribution in [0.3, 0.4) is 0 Å². The molecule has 3 aromatic rings. The summed E-state index contributed by atoms with van der Waals surface area (Å²) in [4.78, 5) is 18.0. The molecule has 2 heterocycles. The van der Waals surface area contributed by atoms with Gasteiger partial charge >= 0.3 is 5.51 Å². The van der Waals surface area contributed by atoms with Crippen LogP contribution < -0.4 is 0 Å². The van der Waals surface area contributed by atoms with Crippen LogP contribution in [-0.2, 0) is 10.0 Å². The number of halogens is 3. The molecular weight excluding hydrogens is 463 g/mol. The van der Waals surface area contributed by atoms with E-state index in [1.165, 1.54) is 27.5 Å². The summed E-state index contributed by atoms with van der Waals surface area (Å²) in [5.74, 6) is -0.604. The van der Waals surface area contributed by atoms with E-state index < -0.39 is 38.2 Å². The predicted octanol–water partition coefficient (Wildman–Crippen LogP) is 3.99. The third kappa shape index (κ3) is 4.74. The fourth-order valence-corrected chi connectivity index (χ4v) is 5.58. The second-order valence-corrected chi connectivity index (χ2v) is 10.1. The number of hydrogen-bond acceptors (Lipinski definition) is 5. The van der Waals surface area contributed by atoms with E-state index in [9.17, 15) is 26.4 Å². The Hall–Kier alpha value is -2.63. The average molecular weight is 482 g/mol. The van der Waals surface area contributed by atoms with Crippen LogP contribution in [0.2, 0.25) is 0 Å². The molecule has 11 heteroatoms. The Kier molecular flexibility index (Phi) is 6.15. The van der Waals surface area contributed by atoms with Crippen molar-refractivity contribution in [1.82, 2.24) is 14.2 Å². The van der Waals surface area contributed by atoms with Gasteiger partial charge in [0.25, 0.3) is 5.91 Å². The van der Waals surface area contributed by atoms with E-state index in [4.69, 9.17) is 0 Å². The molecule has 6 nitrogen and oxygen atoms in total. The highest BCUT2D eigenvalue weighted by atomic mass is 32.2. The van der Waals surface area contributed by atoms with Gasteiger partial charge in [-0.05, 0) is 35.0 Å². The lowest BCUT2D eigenvalue weighted by molar-refractivity contribution is -0.0329. The first kappa shape index (κ1) is 22.6. The zero-order chi connectivity index (χ0) is 22.9. The van der Waals surface area contributed by atoms with Crippen molar-refractivity contribution in [3.05, 3.63) is 66.4 Å². The predicted molar refractivity (Wildman–Crippen MR) is 115 cm³/mol. The van der Waals surface area contributed by atoms with Gasteiger partial charge in [-0.25, -0.2) is 13.4 Å². The molecule has 32 heavy (non-hydrogen) atoms. The van der Waals surface area contributed by atoms with Crippen LogP contribution in [0, 0.1) is 0 Å². The molecular formula is C21H18F3N3O3S2. The van der Waals surface area contributed by atoms with Crippen LogP contribution in [0.4, 0.5) is 13.2 Å². The SMILES string of the molecule is O=C(c1cccnc1SC(F)(F)F)N1CCN(S(=O)(=O)c2ccc3ccccc3c2)CC1. The number of nitrogens with zero attached hydrogens (tertiary/aromatic N) is 3. The van der Waals surface area contributed by atoms with Gasteiger partial charge in [-0.2, -0.15) is 17.5 Å². The third-order valence-corrected chi connectivity index (χ3v) is 7.74. The molecule has 0 radical (unpaired) electrons. The lowest BCUT2D eigenvalue weighted by Crippen LogP contribution is -2.50. The van der Waals surface area contributed by atoms with Crippen molar-refractivity contribution in [2.24, 2.45) is 0 Å². The van der Waals surface area contributed by atoms with Gasteiger partial charge in [-0.3, -0.25) is 4.79 Å². The zero-order valence-electron chi connectivity index (χ0n) is 16.6. The van der Waals surface area contributed by atoms with E-state index in [-0.39, 0.29) is 36.6 Å². The second-order valence-electron chi connectivity index (χ2n) is 7.11. The molecule has 0 spiro atoms. The van der Waals surface area contributed by atoms with E-state index in [0.717, 1.165) is 10.8 Å². The van der Waals surface area contributed by atoms with Gasteiger partial charge in [0.1, 0.15) is 5.03 Å². The monoisotopic (exact) mass is 481 g/mol. The zero-order valence-corrected chi connectivity index (χ0v) is 18.3. The van der Waals surface area contributed by atoms with E-state index in [0.29, 0.717) is 0 Å². The molecule has 4 rings (SSSR count). The highest BCUT2D eigenvalue weighted by Crippen LogP contribution is 2.37. The topological polar surface area (TPSA) is 70.6 Å². The van der Waals surface area contributed by atoms with Crippen molar-refractivity contribution in [2.45, 2.75) is 15.4 Å². The standard InChI is InChI=1S/C21H18F3N3O3S2/c22-21(23,24)31-19-18(6-3-9-25-19)20(28)26-10-12-27(13-11-26)32(29,30)17-8-7-15-4-1-2-5-16(15)14-17/h1-9,14H,10-13H2. The number of amides is 1. The minimum absolute atomic E-state index is 0.0446. The van der Waals surface area contributed by atoms with Crippen LogP contribution >= 0.6 is 11.8 Å². The van der Waals surface area contributed by atoms with Crippen LogP contribution in [0.5, 0.6) is 0 Å². The number of carbonyl (C=O) groups excluding carboxylic acids is 1. The number of aromatic nitrogens is 1.